The molecule has 0 radical (unpaired) electrons. The lowest BCUT2D eigenvalue weighted by atomic mass is 9.91. The van der Waals surface area contributed by atoms with Crippen molar-refractivity contribution in [2.75, 3.05) is 54.9 Å². The number of carbonyl (C=O) groups is 1. The molecule has 3 aliphatic rings. The Balaban J connectivity index is 1.20. The zero-order chi connectivity index (χ0) is 31.2. The second kappa shape index (κ2) is 12.1. The van der Waals surface area contributed by atoms with Gasteiger partial charge in [0, 0.05) is 56.4 Å². The van der Waals surface area contributed by atoms with Gasteiger partial charge in [0.05, 0.1) is 22.4 Å². The quantitative estimate of drug-likeness (QED) is 0.292. The molecule has 1 amide bonds. The number of fused-ring (bicyclic) bond motifs is 3. The van der Waals surface area contributed by atoms with Gasteiger partial charge in [-0.25, -0.2) is 9.37 Å². The van der Waals surface area contributed by atoms with Crippen LogP contribution in [0.4, 0.5) is 27.3 Å². The van der Waals surface area contributed by atoms with Crippen LogP contribution in [0, 0.1) is 5.82 Å². The number of amides is 1. The minimum Gasteiger partial charge on any atom is -0.368 e. The molecule has 0 unspecified atom stereocenters. The predicted molar refractivity (Wildman–Crippen MR) is 180 cm³/mol. The highest BCUT2D eigenvalue weighted by Gasteiger charge is 2.33. The fourth-order valence-electron chi connectivity index (χ4n) is 7.04. The largest absolute Gasteiger partial charge is 0.368 e. The van der Waals surface area contributed by atoms with Gasteiger partial charge in [0.1, 0.15) is 17.3 Å². The summed E-state index contributed by atoms with van der Waals surface area (Å²) >= 11 is 1.64. The number of halogens is 1. The van der Waals surface area contributed by atoms with Gasteiger partial charge in [-0.1, -0.05) is 6.92 Å². The molecule has 1 saturated heterocycles. The van der Waals surface area contributed by atoms with E-state index in [0.717, 1.165) is 61.6 Å². The van der Waals surface area contributed by atoms with Crippen LogP contribution in [-0.4, -0.2) is 60.1 Å². The maximum atomic E-state index is 15.4. The third kappa shape index (κ3) is 5.55. The summed E-state index contributed by atoms with van der Waals surface area (Å²) in [5.74, 6) is 0.118. The van der Waals surface area contributed by atoms with Crippen molar-refractivity contribution in [3.05, 3.63) is 85.3 Å². The number of pyridine rings is 2. The van der Waals surface area contributed by atoms with Gasteiger partial charge in [-0.15, -0.1) is 11.3 Å². The Hall–Kier alpha value is -4.02. The van der Waals surface area contributed by atoms with E-state index in [2.05, 4.69) is 27.1 Å². The van der Waals surface area contributed by atoms with Crippen molar-refractivity contribution in [1.82, 2.24) is 14.5 Å². The molecule has 1 N–H and O–H groups in total. The number of anilines is 4. The highest BCUT2D eigenvalue weighted by Crippen LogP contribution is 2.41. The van der Waals surface area contributed by atoms with Gasteiger partial charge < -0.3 is 24.6 Å². The number of benzene rings is 1. The fourth-order valence-corrected chi connectivity index (χ4v) is 8.42. The highest BCUT2D eigenvalue weighted by molar-refractivity contribution is 7.14. The number of carbonyl (C=O) groups excluding carboxylic acids is 1. The number of hydrogen-bond donors (Lipinski definition) is 1. The van der Waals surface area contributed by atoms with Crippen LogP contribution >= 0.6 is 11.3 Å². The van der Waals surface area contributed by atoms with E-state index in [9.17, 15) is 9.59 Å². The molecule has 234 valence electrons. The first-order chi connectivity index (χ1) is 21.8. The first-order valence-electron chi connectivity index (χ1n) is 16.0. The lowest BCUT2D eigenvalue weighted by Gasteiger charge is -2.33. The number of rotatable bonds is 6. The van der Waals surface area contributed by atoms with Crippen molar-refractivity contribution in [1.29, 1.82) is 0 Å². The summed E-state index contributed by atoms with van der Waals surface area (Å²) in [4.78, 5) is 40.3. The smallest absolute Gasteiger partial charge is 0.274 e. The average Bonchev–Trinajstić information content (AvgIpc) is 3.43. The van der Waals surface area contributed by atoms with Crippen LogP contribution < -0.4 is 20.7 Å². The van der Waals surface area contributed by atoms with Gasteiger partial charge in [-0.3, -0.25) is 9.59 Å². The minimum absolute atomic E-state index is 0.0317. The molecule has 0 atom stereocenters. The van der Waals surface area contributed by atoms with Crippen LogP contribution in [0.25, 0.3) is 11.1 Å². The van der Waals surface area contributed by atoms with E-state index in [-0.39, 0.29) is 11.5 Å². The summed E-state index contributed by atoms with van der Waals surface area (Å²) < 4.78 is 16.9. The van der Waals surface area contributed by atoms with Crippen molar-refractivity contribution >= 4 is 40.1 Å². The summed E-state index contributed by atoms with van der Waals surface area (Å²) in [6.07, 6.45) is 9.41. The van der Waals surface area contributed by atoms with Crippen LogP contribution in [0.5, 0.6) is 0 Å². The first-order valence-corrected chi connectivity index (χ1v) is 16.8. The maximum Gasteiger partial charge on any atom is 0.274 e. The molecule has 7 rings (SSSR count). The van der Waals surface area contributed by atoms with E-state index in [4.69, 9.17) is 0 Å². The third-order valence-corrected chi connectivity index (χ3v) is 10.8. The van der Waals surface area contributed by atoms with Crippen molar-refractivity contribution in [2.24, 2.45) is 7.05 Å². The van der Waals surface area contributed by atoms with E-state index in [1.807, 2.05) is 25.3 Å². The summed E-state index contributed by atoms with van der Waals surface area (Å²) in [6, 6.07) is 8.67. The molecule has 1 aliphatic carbocycles. The van der Waals surface area contributed by atoms with E-state index >= 15 is 4.39 Å². The molecule has 1 aromatic carbocycles. The fraction of sp³-hybridized carbons (Fsp3) is 0.400. The van der Waals surface area contributed by atoms with Crippen LogP contribution in [0.2, 0.25) is 0 Å². The van der Waals surface area contributed by atoms with Gasteiger partial charge in [0.25, 0.3) is 11.5 Å². The molecule has 3 aromatic heterocycles. The van der Waals surface area contributed by atoms with Crippen LogP contribution in [-0.2, 0) is 32.7 Å². The number of aryl methyl sites for hydroxylation is 2. The summed E-state index contributed by atoms with van der Waals surface area (Å²) in [6.45, 7) is 6.46. The SMILES string of the molecule is CCc1c(-c2cc(Nc3ccc(N4CCN(C)CC4)cn3)c(=O)n(C)c2)cc(F)cc1N1CCc2c(sc3c2CCCC3)C1=O. The van der Waals surface area contributed by atoms with Gasteiger partial charge in [-0.2, -0.15) is 0 Å². The number of likely N-dealkylation sites (N-methyl/N-ethyl adjacent to an activating group) is 1. The lowest BCUT2D eigenvalue weighted by molar-refractivity contribution is 0.0984. The molecule has 8 nitrogen and oxygen atoms in total. The zero-order valence-electron chi connectivity index (χ0n) is 26.2. The number of thiophene rings is 1. The Morgan fingerprint density at radius 2 is 1.76 bits per heavy atom. The molecule has 10 heteroatoms. The Bertz CT molecular complexity index is 1820. The van der Waals surface area contributed by atoms with Crippen LogP contribution in [0.15, 0.2) is 47.5 Å². The molecular formula is C35H39FN6O2S. The van der Waals surface area contributed by atoms with E-state index in [1.54, 1.807) is 35.5 Å². The lowest BCUT2D eigenvalue weighted by Crippen LogP contribution is -2.44. The minimum atomic E-state index is -0.411. The standard InChI is InChI=1S/C35H39FN6O2S/c1-4-25-28(18-23(36)19-30(25)42-12-11-27-26-7-5-6-8-31(26)45-33(27)35(42)44)22-17-29(34(43)40(3)21-22)38-32-10-9-24(20-37-32)41-15-13-39(2)14-16-41/h9-10,17-21H,4-8,11-16H2,1-3H3,(H,37,38). The van der Waals surface area contributed by atoms with E-state index in [0.29, 0.717) is 41.3 Å². The second-order valence-corrected chi connectivity index (χ2v) is 13.5. The second-order valence-electron chi connectivity index (χ2n) is 12.4. The summed E-state index contributed by atoms with van der Waals surface area (Å²) in [5, 5.41) is 3.20. The van der Waals surface area contributed by atoms with Crippen molar-refractivity contribution < 1.29 is 9.18 Å². The van der Waals surface area contributed by atoms with Gasteiger partial charge >= 0.3 is 0 Å². The molecule has 4 aromatic rings. The number of aromatic nitrogens is 2. The molecular weight excluding hydrogens is 587 g/mol. The Morgan fingerprint density at radius 1 is 0.956 bits per heavy atom. The molecule has 0 spiro atoms. The average molecular weight is 627 g/mol. The van der Waals surface area contributed by atoms with Gasteiger partial charge in [0.2, 0.25) is 0 Å². The number of hydrogen-bond acceptors (Lipinski definition) is 7. The van der Waals surface area contributed by atoms with Crippen molar-refractivity contribution in [3.8, 4) is 11.1 Å². The summed E-state index contributed by atoms with van der Waals surface area (Å²) in [7, 11) is 3.82. The molecule has 45 heavy (non-hydrogen) atoms. The highest BCUT2D eigenvalue weighted by atomic mass is 32.1. The topological polar surface area (TPSA) is 73.7 Å². The Morgan fingerprint density at radius 3 is 2.51 bits per heavy atom. The van der Waals surface area contributed by atoms with Crippen LogP contribution in [0.3, 0.4) is 0 Å². The molecule has 1 fully saturated rings. The molecule has 0 bridgehead atoms. The van der Waals surface area contributed by atoms with Crippen LogP contribution in [0.1, 0.15) is 51.0 Å². The van der Waals surface area contributed by atoms with E-state index in [1.165, 1.54) is 45.5 Å². The van der Waals surface area contributed by atoms with E-state index < -0.39 is 5.82 Å². The maximum absolute atomic E-state index is 15.4. The Kier molecular flexibility index (Phi) is 7.95. The van der Waals surface area contributed by atoms with Gasteiger partial charge in [0.15, 0.2) is 0 Å². The Labute approximate surface area is 267 Å². The number of piperazine rings is 1. The zero-order valence-corrected chi connectivity index (χ0v) is 27.0. The molecule has 5 heterocycles. The molecule has 2 aliphatic heterocycles. The number of nitrogens with zero attached hydrogens (tertiary/aromatic N) is 5. The van der Waals surface area contributed by atoms with Gasteiger partial charge in [-0.05, 0) is 98.2 Å². The third-order valence-electron chi connectivity index (χ3n) is 9.51. The predicted octanol–water partition coefficient (Wildman–Crippen LogP) is 5.79. The summed E-state index contributed by atoms with van der Waals surface area (Å²) in [5.41, 5.74) is 6.66. The van der Waals surface area contributed by atoms with Crippen molar-refractivity contribution in [2.45, 2.75) is 45.4 Å². The first kappa shape index (κ1) is 29.7. The normalized spacial score (nSPS) is 16.9. The van der Waals surface area contributed by atoms with Crippen molar-refractivity contribution in [3.63, 3.8) is 0 Å². The molecule has 0 saturated carbocycles. The number of nitrogens with one attached hydrogen (secondary N) is 1. The monoisotopic (exact) mass is 626 g/mol.